The number of aliphatic hydroxyl groups is 1. The van der Waals surface area contributed by atoms with E-state index in [1.54, 1.807) is 23.1 Å². The van der Waals surface area contributed by atoms with Gasteiger partial charge < -0.3 is 24.2 Å². The van der Waals surface area contributed by atoms with Gasteiger partial charge in [-0.25, -0.2) is 0 Å². The van der Waals surface area contributed by atoms with Crippen LogP contribution in [0.25, 0.3) is 5.76 Å². The van der Waals surface area contributed by atoms with Gasteiger partial charge >= 0.3 is 0 Å². The van der Waals surface area contributed by atoms with E-state index in [0.29, 0.717) is 43.4 Å². The van der Waals surface area contributed by atoms with Gasteiger partial charge in [0.15, 0.2) is 11.5 Å². The monoisotopic (exact) mass is 450 g/mol. The number of hydrogen-bond donors (Lipinski definition) is 1. The predicted octanol–water partition coefficient (Wildman–Crippen LogP) is 2.48. The number of aliphatic hydroxyl groups excluding tert-OH is 1. The van der Waals surface area contributed by atoms with E-state index in [2.05, 4.69) is 4.90 Å². The van der Waals surface area contributed by atoms with Crippen LogP contribution in [0.4, 0.5) is 0 Å². The van der Waals surface area contributed by atoms with Crippen molar-refractivity contribution in [2.75, 3.05) is 46.2 Å². The van der Waals surface area contributed by atoms with E-state index in [4.69, 9.17) is 14.2 Å². The van der Waals surface area contributed by atoms with Gasteiger partial charge in [-0.3, -0.25) is 14.5 Å². The van der Waals surface area contributed by atoms with Crippen LogP contribution in [0.15, 0.2) is 48.0 Å². The average molecular weight is 450 g/mol. The summed E-state index contributed by atoms with van der Waals surface area (Å²) in [6, 6.07) is 12.0. The Morgan fingerprint density at radius 2 is 1.73 bits per heavy atom. The molecule has 0 aromatic heterocycles. The summed E-state index contributed by atoms with van der Waals surface area (Å²) >= 11 is 0. The molecule has 0 spiro atoms. The zero-order valence-corrected chi connectivity index (χ0v) is 18.5. The number of Topliss-reactive ketones (excluding diaryl/α,β-unsaturated/α-hetero) is 1. The van der Waals surface area contributed by atoms with Gasteiger partial charge in [0.05, 0.1) is 24.8 Å². The minimum atomic E-state index is -0.683. The Morgan fingerprint density at radius 1 is 1.00 bits per heavy atom. The number of benzene rings is 2. The van der Waals surface area contributed by atoms with Crippen LogP contribution in [0.1, 0.15) is 22.7 Å². The highest BCUT2D eigenvalue weighted by Gasteiger charge is 2.46. The zero-order valence-electron chi connectivity index (χ0n) is 18.5. The van der Waals surface area contributed by atoms with Crippen LogP contribution < -0.4 is 9.47 Å². The molecule has 3 aliphatic rings. The van der Waals surface area contributed by atoms with E-state index in [1.807, 2.05) is 31.2 Å². The first-order valence-electron chi connectivity index (χ1n) is 11.1. The Kier molecular flexibility index (Phi) is 5.78. The molecule has 8 heteroatoms. The Hall–Kier alpha value is -3.36. The van der Waals surface area contributed by atoms with E-state index in [0.717, 1.165) is 24.2 Å². The minimum Gasteiger partial charge on any atom is -0.507 e. The number of carbonyl (C=O) groups is 2. The molecule has 33 heavy (non-hydrogen) atoms. The van der Waals surface area contributed by atoms with Crippen LogP contribution in [0, 0.1) is 6.92 Å². The van der Waals surface area contributed by atoms with Crippen LogP contribution in [0.2, 0.25) is 0 Å². The Labute approximate surface area is 192 Å². The van der Waals surface area contributed by atoms with Crippen LogP contribution in [0.5, 0.6) is 11.5 Å². The van der Waals surface area contributed by atoms with Gasteiger partial charge in [-0.15, -0.1) is 0 Å². The number of fused-ring (bicyclic) bond motifs is 1. The smallest absolute Gasteiger partial charge is 0.295 e. The second-order valence-electron chi connectivity index (χ2n) is 8.43. The van der Waals surface area contributed by atoms with Crippen LogP contribution in [-0.4, -0.2) is 72.8 Å². The highest BCUT2D eigenvalue weighted by atomic mass is 16.7. The van der Waals surface area contributed by atoms with Gasteiger partial charge in [0.25, 0.3) is 11.7 Å². The molecule has 2 fully saturated rings. The first kappa shape index (κ1) is 21.5. The average Bonchev–Trinajstić information content (AvgIpc) is 3.41. The molecule has 1 N–H and O–H groups in total. The standard InChI is InChI=1S/C25H26N2O6/c1-16-2-4-17(5-3-16)22-21(23(28)18-6-7-19-20(14-18)33-15-32-19)24(29)25(30)27(22)9-8-26-10-12-31-13-11-26/h2-7,14,22,28H,8-13,15H2,1H3/b23-21+. The molecule has 2 aromatic rings. The van der Waals surface area contributed by atoms with E-state index in [1.165, 1.54) is 0 Å². The normalized spacial score (nSPS) is 22.2. The fourth-order valence-corrected chi connectivity index (χ4v) is 4.48. The van der Waals surface area contributed by atoms with Crippen molar-refractivity contribution in [2.45, 2.75) is 13.0 Å². The lowest BCUT2D eigenvalue weighted by atomic mass is 9.94. The molecule has 0 aliphatic carbocycles. The molecule has 0 bridgehead atoms. The maximum atomic E-state index is 13.2. The third-order valence-electron chi connectivity index (χ3n) is 6.34. The van der Waals surface area contributed by atoms with E-state index >= 15 is 0 Å². The minimum absolute atomic E-state index is 0.0877. The summed E-state index contributed by atoms with van der Waals surface area (Å²) in [6.07, 6.45) is 0. The van der Waals surface area contributed by atoms with Crippen molar-refractivity contribution in [3.8, 4) is 11.5 Å². The summed E-state index contributed by atoms with van der Waals surface area (Å²) in [5.41, 5.74) is 2.34. The van der Waals surface area contributed by atoms with Gasteiger partial charge in [0.2, 0.25) is 6.79 Å². The molecular formula is C25H26N2O6. The predicted molar refractivity (Wildman–Crippen MR) is 120 cm³/mol. The Balaban J connectivity index is 1.53. The summed E-state index contributed by atoms with van der Waals surface area (Å²) in [4.78, 5) is 30.1. The number of hydrogen-bond acceptors (Lipinski definition) is 7. The number of amides is 1. The first-order chi connectivity index (χ1) is 16.0. The molecule has 1 unspecified atom stereocenters. The topological polar surface area (TPSA) is 88.5 Å². The summed E-state index contributed by atoms with van der Waals surface area (Å²) < 4.78 is 16.2. The number of nitrogens with zero attached hydrogens (tertiary/aromatic N) is 2. The van der Waals surface area contributed by atoms with Gasteiger partial charge in [-0.2, -0.15) is 0 Å². The Bertz CT molecular complexity index is 1100. The van der Waals surface area contributed by atoms with E-state index in [9.17, 15) is 14.7 Å². The molecule has 1 atom stereocenters. The Morgan fingerprint density at radius 3 is 2.48 bits per heavy atom. The highest BCUT2D eigenvalue weighted by Crippen LogP contribution is 2.41. The van der Waals surface area contributed by atoms with Gasteiger partial charge in [-0.05, 0) is 30.7 Å². The van der Waals surface area contributed by atoms with Crippen LogP contribution >= 0.6 is 0 Å². The third-order valence-corrected chi connectivity index (χ3v) is 6.34. The lowest BCUT2D eigenvalue weighted by molar-refractivity contribution is -0.140. The molecule has 8 nitrogen and oxygen atoms in total. The maximum Gasteiger partial charge on any atom is 0.295 e. The highest BCUT2D eigenvalue weighted by molar-refractivity contribution is 6.46. The van der Waals surface area contributed by atoms with Crippen LogP contribution in [-0.2, 0) is 14.3 Å². The molecule has 0 saturated carbocycles. The lowest BCUT2D eigenvalue weighted by Gasteiger charge is -2.31. The lowest BCUT2D eigenvalue weighted by Crippen LogP contribution is -2.42. The number of carbonyl (C=O) groups excluding carboxylic acids is 2. The molecular weight excluding hydrogens is 424 g/mol. The molecule has 2 aromatic carbocycles. The third kappa shape index (κ3) is 4.07. The largest absolute Gasteiger partial charge is 0.507 e. The first-order valence-corrected chi connectivity index (χ1v) is 11.1. The zero-order chi connectivity index (χ0) is 22.9. The summed E-state index contributed by atoms with van der Waals surface area (Å²) in [6.45, 7) is 5.98. The van der Waals surface area contributed by atoms with Crippen molar-refractivity contribution in [2.24, 2.45) is 0 Å². The molecule has 172 valence electrons. The van der Waals surface area contributed by atoms with Crippen molar-refractivity contribution < 1.29 is 28.9 Å². The summed E-state index contributed by atoms with van der Waals surface area (Å²) in [7, 11) is 0. The van der Waals surface area contributed by atoms with Gasteiger partial charge in [-0.1, -0.05) is 29.8 Å². The maximum absolute atomic E-state index is 13.2. The summed E-state index contributed by atoms with van der Waals surface area (Å²) in [5.74, 6) is -0.431. The van der Waals surface area contributed by atoms with E-state index < -0.39 is 17.7 Å². The van der Waals surface area contributed by atoms with Crippen molar-refractivity contribution in [3.05, 3.63) is 64.7 Å². The molecule has 1 amide bonds. The molecule has 3 heterocycles. The fourth-order valence-electron chi connectivity index (χ4n) is 4.48. The quantitative estimate of drug-likeness (QED) is 0.425. The molecule has 5 rings (SSSR count). The van der Waals surface area contributed by atoms with Crippen LogP contribution in [0.3, 0.4) is 0 Å². The number of likely N-dealkylation sites (tertiary alicyclic amines) is 1. The van der Waals surface area contributed by atoms with Crippen molar-refractivity contribution in [3.63, 3.8) is 0 Å². The molecule has 2 saturated heterocycles. The number of ether oxygens (including phenoxy) is 3. The number of rotatable bonds is 5. The van der Waals surface area contributed by atoms with Crippen molar-refractivity contribution in [1.82, 2.24) is 9.80 Å². The number of ketones is 1. The number of morpholine rings is 1. The number of aryl methyl sites for hydroxylation is 1. The van der Waals surface area contributed by atoms with Gasteiger partial charge in [0, 0.05) is 31.7 Å². The molecule has 3 aliphatic heterocycles. The fraction of sp³-hybridized carbons (Fsp3) is 0.360. The van der Waals surface area contributed by atoms with Crippen molar-refractivity contribution in [1.29, 1.82) is 0 Å². The second-order valence-corrected chi connectivity index (χ2v) is 8.43. The SMILES string of the molecule is Cc1ccc(C2/C(=C(\O)c3ccc4c(c3)OCO4)C(=O)C(=O)N2CCN2CCOCC2)cc1. The summed E-state index contributed by atoms with van der Waals surface area (Å²) in [5, 5.41) is 11.2. The second kappa shape index (κ2) is 8.88. The molecule has 0 radical (unpaired) electrons. The van der Waals surface area contributed by atoms with E-state index in [-0.39, 0.29) is 18.1 Å². The van der Waals surface area contributed by atoms with Crippen molar-refractivity contribution >= 4 is 17.4 Å². The van der Waals surface area contributed by atoms with Gasteiger partial charge in [0.1, 0.15) is 5.76 Å².